The van der Waals surface area contributed by atoms with Crippen LogP contribution in [0.4, 0.5) is 0 Å². The third-order valence-electron chi connectivity index (χ3n) is 3.93. The molecule has 0 bridgehead atoms. The maximum atomic E-state index is 9.44. The van der Waals surface area contributed by atoms with Gasteiger partial charge in [-0.2, -0.15) is 0 Å². The molecule has 4 heteroatoms. The predicted molar refractivity (Wildman–Crippen MR) is 81.2 cm³/mol. The van der Waals surface area contributed by atoms with Gasteiger partial charge in [-0.3, -0.25) is 0 Å². The fourth-order valence-electron chi connectivity index (χ4n) is 2.85. The summed E-state index contributed by atoms with van der Waals surface area (Å²) < 4.78 is 10.8. The molecule has 0 unspecified atom stereocenters. The Morgan fingerprint density at radius 3 is 2.38 bits per heavy atom. The molecule has 0 saturated carbocycles. The van der Waals surface area contributed by atoms with Gasteiger partial charge in [0.05, 0.1) is 20.3 Å². The molecule has 4 nitrogen and oxygen atoms in total. The second-order valence-electron chi connectivity index (χ2n) is 5.13. The molecule has 2 aromatic rings. The van der Waals surface area contributed by atoms with Gasteiger partial charge in [-0.15, -0.1) is 0 Å². The topological polar surface area (TPSA) is 50.7 Å². The van der Waals surface area contributed by atoms with Crippen molar-refractivity contribution < 1.29 is 14.6 Å². The number of hydrogen-bond donors (Lipinski definition) is 2. The lowest BCUT2D eigenvalue weighted by Crippen LogP contribution is -2.30. The molecule has 0 aliphatic carbocycles. The van der Waals surface area contributed by atoms with E-state index in [9.17, 15) is 5.11 Å². The van der Waals surface area contributed by atoms with Gasteiger partial charge in [0.1, 0.15) is 5.75 Å². The lowest BCUT2D eigenvalue weighted by atomic mass is 9.89. The minimum Gasteiger partial charge on any atom is -0.508 e. The summed E-state index contributed by atoms with van der Waals surface area (Å²) in [4.78, 5) is 0. The minimum absolute atomic E-state index is 0.106. The van der Waals surface area contributed by atoms with E-state index < -0.39 is 0 Å². The molecule has 110 valence electrons. The molecular formula is C17H19NO3. The molecule has 0 spiro atoms. The molecule has 1 heterocycles. The molecule has 3 rings (SSSR count). The molecule has 0 saturated heterocycles. The zero-order valence-electron chi connectivity index (χ0n) is 12.2. The van der Waals surface area contributed by atoms with Gasteiger partial charge < -0.3 is 19.9 Å². The van der Waals surface area contributed by atoms with Crippen molar-refractivity contribution in [2.24, 2.45) is 0 Å². The van der Waals surface area contributed by atoms with Crippen LogP contribution in [0.3, 0.4) is 0 Å². The summed E-state index contributed by atoms with van der Waals surface area (Å²) in [5.41, 5.74) is 3.59. The maximum Gasteiger partial charge on any atom is 0.161 e. The Bertz CT molecular complexity index is 637. The van der Waals surface area contributed by atoms with E-state index in [1.54, 1.807) is 26.4 Å². The van der Waals surface area contributed by atoms with Crippen LogP contribution in [-0.4, -0.2) is 25.9 Å². The Balaban J connectivity index is 2.06. The molecule has 1 aliphatic rings. The SMILES string of the molecule is COc1cc2c(cc1OC)[C@H](c1ccc(O)cc1)NCC2. The van der Waals surface area contributed by atoms with Crippen molar-refractivity contribution in [2.75, 3.05) is 20.8 Å². The maximum absolute atomic E-state index is 9.44. The van der Waals surface area contributed by atoms with E-state index in [4.69, 9.17) is 9.47 Å². The molecule has 1 atom stereocenters. The van der Waals surface area contributed by atoms with Crippen molar-refractivity contribution >= 4 is 0 Å². The molecular weight excluding hydrogens is 266 g/mol. The van der Waals surface area contributed by atoms with Crippen LogP contribution in [0.15, 0.2) is 36.4 Å². The van der Waals surface area contributed by atoms with Crippen molar-refractivity contribution in [3.8, 4) is 17.2 Å². The third kappa shape index (κ3) is 2.54. The van der Waals surface area contributed by atoms with E-state index in [2.05, 4.69) is 11.4 Å². The fraction of sp³-hybridized carbons (Fsp3) is 0.294. The Morgan fingerprint density at radius 1 is 1.05 bits per heavy atom. The van der Waals surface area contributed by atoms with E-state index in [1.165, 1.54) is 11.1 Å². The number of nitrogens with one attached hydrogen (secondary N) is 1. The molecule has 1 aliphatic heterocycles. The number of rotatable bonds is 3. The highest BCUT2D eigenvalue weighted by Gasteiger charge is 2.23. The van der Waals surface area contributed by atoms with Crippen molar-refractivity contribution in [3.05, 3.63) is 53.1 Å². The first kappa shape index (κ1) is 13.8. The van der Waals surface area contributed by atoms with Crippen molar-refractivity contribution in [2.45, 2.75) is 12.5 Å². The lowest BCUT2D eigenvalue weighted by molar-refractivity contribution is 0.353. The van der Waals surface area contributed by atoms with Gasteiger partial charge in [0.2, 0.25) is 0 Å². The van der Waals surface area contributed by atoms with Gasteiger partial charge in [-0.05, 0) is 47.4 Å². The highest BCUT2D eigenvalue weighted by Crippen LogP contribution is 2.37. The van der Waals surface area contributed by atoms with Crippen LogP contribution in [0.2, 0.25) is 0 Å². The van der Waals surface area contributed by atoms with Gasteiger partial charge in [-0.1, -0.05) is 12.1 Å². The number of aromatic hydroxyl groups is 1. The summed E-state index contributed by atoms with van der Waals surface area (Å²) >= 11 is 0. The monoisotopic (exact) mass is 285 g/mol. The largest absolute Gasteiger partial charge is 0.508 e. The molecule has 0 radical (unpaired) electrons. The zero-order valence-corrected chi connectivity index (χ0v) is 12.2. The third-order valence-corrected chi connectivity index (χ3v) is 3.93. The number of hydrogen-bond acceptors (Lipinski definition) is 4. The van der Waals surface area contributed by atoms with Crippen molar-refractivity contribution in [1.82, 2.24) is 5.32 Å². The van der Waals surface area contributed by atoms with Crippen molar-refractivity contribution in [3.63, 3.8) is 0 Å². The smallest absolute Gasteiger partial charge is 0.161 e. The lowest BCUT2D eigenvalue weighted by Gasteiger charge is -2.28. The second kappa shape index (κ2) is 5.66. The van der Waals surface area contributed by atoms with Gasteiger partial charge in [0, 0.05) is 6.54 Å². The van der Waals surface area contributed by atoms with Gasteiger partial charge >= 0.3 is 0 Å². The van der Waals surface area contributed by atoms with Crippen LogP contribution < -0.4 is 14.8 Å². The zero-order chi connectivity index (χ0) is 14.8. The Kier molecular flexibility index (Phi) is 3.71. The van der Waals surface area contributed by atoms with Gasteiger partial charge in [0.15, 0.2) is 11.5 Å². The van der Waals surface area contributed by atoms with Gasteiger partial charge in [-0.25, -0.2) is 0 Å². The van der Waals surface area contributed by atoms with Crippen LogP contribution in [0.5, 0.6) is 17.2 Å². The Hall–Kier alpha value is -2.20. The van der Waals surface area contributed by atoms with Gasteiger partial charge in [0.25, 0.3) is 0 Å². The Labute approximate surface area is 124 Å². The van der Waals surface area contributed by atoms with E-state index in [0.717, 1.165) is 30.0 Å². The summed E-state index contributed by atoms with van der Waals surface area (Å²) in [7, 11) is 3.30. The highest BCUT2D eigenvalue weighted by molar-refractivity contribution is 5.51. The summed E-state index contributed by atoms with van der Waals surface area (Å²) in [6.45, 7) is 0.911. The summed E-state index contributed by atoms with van der Waals surface area (Å²) in [6.07, 6.45) is 0.963. The average Bonchev–Trinajstić information content (AvgIpc) is 2.53. The standard InChI is InChI=1S/C17H19NO3/c1-20-15-9-12-7-8-18-17(14(12)10-16(15)21-2)11-3-5-13(19)6-4-11/h3-6,9-10,17-19H,7-8H2,1-2H3/t17-/m0/s1. The summed E-state index contributed by atoms with van der Waals surface area (Å²) in [5.74, 6) is 1.79. The van der Waals surface area contributed by atoms with E-state index in [-0.39, 0.29) is 11.8 Å². The quantitative estimate of drug-likeness (QED) is 0.910. The van der Waals surface area contributed by atoms with E-state index in [1.807, 2.05) is 18.2 Å². The summed E-state index contributed by atoms with van der Waals surface area (Å²) in [5, 5.41) is 13.0. The first-order valence-electron chi connectivity index (χ1n) is 7.00. The molecule has 0 aromatic heterocycles. The van der Waals surface area contributed by atoms with Crippen LogP contribution in [0.1, 0.15) is 22.7 Å². The van der Waals surface area contributed by atoms with Crippen LogP contribution in [0, 0.1) is 0 Å². The first-order valence-corrected chi connectivity index (χ1v) is 7.00. The molecule has 0 amide bonds. The number of phenols is 1. The molecule has 0 fully saturated rings. The number of benzene rings is 2. The summed E-state index contributed by atoms with van der Waals surface area (Å²) in [6, 6.07) is 11.5. The molecule has 2 N–H and O–H groups in total. The normalized spacial score (nSPS) is 17.1. The van der Waals surface area contributed by atoms with E-state index in [0.29, 0.717) is 0 Å². The number of phenolic OH excluding ortho intramolecular Hbond substituents is 1. The predicted octanol–water partition coefficient (Wildman–Crippen LogP) is 2.64. The van der Waals surface area contributed by atoms with Crippen LogP contribution >= 0.6 is 0 Å². The average molecular weight is 285 g/mol. The first-order chi connectivity index (χ1) is 10.2. The second-order valence-corrected chi connectivity index (χ2v) is 5.13. The number of ether oxygens (including phenoxy) is 2. The highest BCUT2D eigenvalue weighted by atomic mass is 16.5. The fourth-order valence-corrected chi connectivity index (χ4v) is 2.85. The number of fused-ring (bicyclic) bond motifs is 1. The number of methoxy groups -OCH3 is 2. The molecule has 2 aromatic carbocycles. The van der Waals surface area contributed by atoms with Crippen LogP contribution in [0.25, 0.3) is 0 Å². The Morgan fingerprint density at radius 2 is 1.71 bits per heavy atom. The minimum atomic E-state index is 0.106. The van der Waals surface area contributed by atoms with Crippen molar-refractivity contribution in [1.29, 1.82) is 0 Å². The van der Waals surface area contributed by atoms with Crippen LogP contribution in [-0.2, 0) is 6.42 Å². The van der Waals surface area contributed by atoms with E-state index >= 15 is 0 Å². The molecule has 21 heavy (non-hydrogen) atoms.